The van der Waals surface area contributed by atoms with Gasteiger partial charge in [0.15, 0.2) is 0 Å². The molecule has 0 aliphatic carbocycles. The van der Waals surface area contributed by atoms with E-state index in [-0.39, 0.29) is 36.0 Å². The smallest absolute Gasteiger partial charge is 0.338 e. The molecule has 0 unspecified atom stereocenters. The van der Waals surface area contributed by atoms with Crippen molar-refractivity contribution in [2.24, 2.45) is 5.92 Å². The van der Waals surface area contributed by atoms with Crippen molar-refractivity contribution in [3.63, 3.8) is 0 Å². The second kappa shape index (κ2) is 10.4. The third kappa shape index (κ3) is 6.97. The fourth-order valence-corrected chi connectivity index (χ4v) is 3.36. The summed E-state index contributed by atoms with van der Waals surface area (Å²) in [6.45, 7) is 7.06. The molecule has 1 aromatic carbocycles. The molecule has 0 saturated heterocycles. The van der Waals surface area contributed by atoms with Crippen LogP contribution in [0.3, 0.4) is 0 Å². The van der Waals surface area contributed by atoms with E-state index in [4.69, 9.17) is 0 Å². The lowest BCUT2D eigenvalue weighted by Crippen LogP contribution is -2.43. The van der Waals surface area contributed by atoms with Crippen molar-refractivity contribution in [2.45, 2.75) is 33.4 Å². The van der Waals surface area contributed by atoms with Crippen molar-refractivity contribution in [3.8, 4) is 10.6 Å². The highest BCUT2D eigenvalue weighted by Gasteiger charge is 2.30. The minimum atomic E-state index is -4.41. The summed E-state index contributed by atoms with van der Waals surface area (Å²) in [5, 5.41) is 13.8. The van der Waals surface area contributed by atoms with Gasteiger partial charge in [0.2, 0.25) is 11.0 Å². The molecule has 0 bridgehead atoms. The van der Waals surface area contributed by atoms with E-state index in [2.05, 4.69) is 20.8 Å². The molecule has 30 heavy (non-hydrogen) atoms. The first-order valence-electron chi connectivity index (χ1n) is 9.44. The van der Waals surface area contributed by atoms with Crippen molar-refractivity contribution in [1.82, 2.24) is 20.4 Å². The number of hydrogen-bond acceptors (Lipinski definition) is 5. The molecule has 1 aromatic heterocycles. The number of alkyl halides is 3. The number of nitrogens with one attached hydrogen (secondary N) is 2. The van der Waals surface area contributed by atoms with Crippen molar-refractivity contribution >= 4 is 28.4 Å². The zero-order valence-corrected chi connectivity index (χ0v) is 17.7. The third-order valence-corrected chi connectivity index (χ3v) is 4.83. The highest BCUT2D eigenvalue weighted by atomic mass is 32.1. The molecule has 2 N–H and O–H groups in total. The molecule has 11 heteroatoms. The SMILES string of the molecule is CCNC(=O)N(CCC(=O)Nc1nnc(-c2ccc(C(F)(F)F)cc2)s1)CC(C)C. The van der Waals surface area contributed by atoms with Crippen LogP contribution >= 0.6 is 11.3 Å². The van der Waals surface area contributed by atoms with Crippen LogP contribution in [0.4, 0.5) is 23.1 Å². The zero-order chi connectivity index (χ0) is 22.3. The normalized spacial score (nSPS) is 11.4. The van der Waals surface area contributed by atoms with Gasteiger partial charge in [-0.25, -0.2) is 4.79 Å². The summed E-state index contributed by atoms with van der Waals surface area (Å²) in [6.07, 6.45) is -4.32. The Kier molecular flexibility index (Phi) is 8.16. The number of amides is 3. The van der Waals surface area contributed by atoms with Crippen molar-refractivity contribution in [3.05, 3.63) is 29.8 Å². The fourth-order valence-electron chi connectivity index (χ4n) is 2.59. The van der Waals surface area contributed by atoms with Crippen LogP contribution in [0.1, 0.15) is 32.8 Å². The molecule has 0 aliphatic heterocycles. The van der Waals surface area contributed by atoms with Gasteiger partial charge in [-0.1, -0.05) is 37.3 Å². The summed E-state index contributed by atoms with van der Waals surface area (Å²) in [5.74, 6) is -0.0757. The molecular weight excluding hydrogens is 419 g/mol. The minimum absolute atomic E-state index is 0.0824. The maximum absolute atomic E-state index is 12.7. The van der Waals surface area contributed by atoms with Gasteiger partial charge in [-0.3, -0.25) is 4.79 Å². The number of benzene rings is 1. The summed E-state index contributed by atoms with van der Waals surface area (Å²) >= 11 is 1.06. The molecule has 0 fully saturated rings. The number of halogens is 3. The molecule has 7 nitrogen and oxygen atoms in total. The Labute approximate surface area is 176 Å². The lowest BCUT2D eigenvalue weighted by atomic mass is 10.1. The Balaban J connectivity index is 1.95. The first-order valence-corrected chi connectivity index (χ1v) is 10.3. The van der Waals surface area contributed by atoms with E-state index >= 15 is 0 Å². The maximum Gasteiger partial charge on any atom is 0.416 e. The van der Waals surface area contributed by atoms with E-state index in [9.17, 15) is 22.8 Å². The first-order chi connectivity index (χ1) is 14.1. The van der Waals surface area contributed by atoms with Crippen LogP contribution in [0.2, 0.25) is 0 Å². The predicted octanol–water partition coefficient (Wildman–Crippen LogP) is 4.24. The number of urea groups is 1. The molecule has 164 valence electrons. The quantitative estimate of drug-likeness (QED) is 0.639. The molecule has 2 aromatic rings. The van der Waals surface area contributed by atoms with Gasteiger partial charge in [-0.15, -0.1) is 10.2 Å². The molecule has 0 atom stereocenters. The van der Waals surface area contributed by atoms with E-state index in [0.717, 1.165) is 23.5 Å². The number of carbonyl (C=O) groups is 2. The lowest BCUT2D eigenvalue weighted by Gasteiger charge is -2.24. The topological polar surface area (TPSA) is 87.2 Å². The Hall–Kier alpha value is -2.69. The molecule has 0 aliphatic rings. The van der Waals surface area contributed by atoms with E-state index in [1.807, 2.05) is 20.8 Å². The average Bonchev–Trinajstić information content (AvgIpc) is 3.12. The van der Waals surface area contributed by atoms with Crippen molar-refractivity contribution in [1.29, 1.82) is 0 Å². The van der Waals surface area contributed by atoms with Gasteiger partial charge in [0.1, 0.15) is 5.01 Å². The van der Waals surface area contributed by atoms with Gasteiger partial charge in [-0.2, -0.15) is 13.2 Å². The van der Waals surface area contributed by atoms with Gasteiger partial charge in [-0.05, 0) is 25.0 Å². The Morgan fingerprint density at radius 3 is 2.40 bits per heavy atom. The van der Waals surface area contributed by atoms with Gasteiger partial charge in [0.25, 0.3) is 0 Å². The average molecular weight is 443 g/mol. The summed E-state index contributed by atoms with van der Waals surface area (Å²) in [6, 6.07) is 4.34. The van der Waals surface area contributed by atoms with Crippen LogP contribution in [0.15, 0.2) is 24.3 Å². The first kappa shape index (κ1) is 23.6. The number of carbonyl (C=O) groups excluding carboxylic acids is 2. The van der Waals surface area contributed by atoms with Crippen LogP contribution < -0.4 is 10.6 Å². The highest BCUT2D eigenvalue weighted by Crippen LogP contribution is 2.32. The second-order valence-corrected chi connectivity index (χ2v) is 7.94. The molecule has 2 rings (SSSR count). The lowest BCUT2D eigenvalue weighted by molar-refractivity contribution is -0.137. The van der Waals surface area contributed by atoms with E-state index in [1.54, 1.807) is 4.90 Å². The van der Waals surface area contributed by atoms with Crippen LogP contribution in [0.25, 0.3) is 10.6 Å². The van der Waals surface area contributed by atoms with Gasteiger partial charge in [0.05, 0.1) is 5.56 Å². The molecule has 0 saturated carbocycles. The van der Waals surface area contributed by atoms with Crippen molar-refractivity contribution < 1.29 is 22.8 Å². The molecular formula is C19H24F3N5O2S. The number of hydrogen-bond donors (Lipinski definition) is 2. The zero-order valence-electron chi connectivity index (χ0n) is 16.9. The molecule has 1 heterocycles. The van der Waals surface area contributed by atoms with Crippen molar-refractivity contribution in [2.75, 3.05) is 25.0 Å². The minimum Gasteiger partial charge on any atom is -0.338 e. The predicted molar refractivity (Wildman–Crippen MR) is 109 cm³/mol. The van der Waals surface area contributed by atoms with Gasteiger partial charge < -0.3 is 15.5 Å². The van der Waals surface area contributed by atoms with Crippen LogP contribution in [0.5, 0.6) is 0 Å². The number of anilines is 1. The monoisotopic (exact) mass is 443 g/mol. The van der Waals surface area contributed by atoms with Gasteiger partial charge in [0, 0.05) is 31.6 Å². The Morgan fingerprint density at radius 2 is 1.83 bits per heavy atom. The fraction of sp³-hybridized carbons (Fsp3) is 0.474. The summed E-state index contributed by atoms with van der Waals surface area (Å²) in [5.41, 5.74) is -0.275. The van der Waals surface area contributed by atoms with Gasteiger partial charge >= 0.3 is 12.2 Å². The van der Waals surface area contributed by atoms with Crippen LogP contribution in [-0.2, 0) is 11.0 Å². The summed E-state index contributed by atoms with van der Waals surface area (Å²) in [7, 11) is 0. The van der Waals surface area contributed by atoms with Crippen LogP contribution in [-0.4, -0.2) is 46.7 Å². The maximum atomic E-state index is 12.7. The highest BCUT2D eigenvalue weighted by molar-refractivity contribution is 7.18. The Bertz CT molecular complexity index is 853. The van der Waals surface area contributed by atoms with E-state index in [1.165, 1.54) is 12.1 Å². The largest absolute Gasteiger partial charge is 0.416 e. The molecule has 0 radical (unpaired) electrons. The second-order valence-electron chi connectivity index (χ2n) is 6.96. The van der Waals surface area contributed by atoms with Crippen LogP contribution in [0, 0.1) is 5.92 Å². The number of aromatic nitrogens is 2. The Morgan fingerprint density at radius 1 is 1.17 bits per heavy atom. The summed E-state index contributed by atoms with van der Waals surface area (Å²) in [4.78, 5) is 25.9. The summed E-state index contributed by atoms with van der Waals surface area (Å²) < 4.78 is 38.0. The molecule has 0 spiro atoms. The third-order valence-electron chi connectivity index (χ3n) is 3.94. The molecule has 3 amide bonds. The standard InChI is InChI=1S/C19H24F3N5O2S/c1-4-23-18(29)27(11-12(2)3)10-9-15(28)24-17-26-25-16(30-17)13-5-7-14(8-6-13)19(20,21)22/h5-8,12H,4,9-11H2,1-3H3,(H,23,29)(H,24,26,28). The van der Waals surface area contributed by atoms with E-state index in [0.29, 0.717) is 23.7 Å². The number of nitrogens with zero attached hydrogens (tertiary/aromatic N) is 3. The number of rotatable bonds is 8. The van der Waals surface area contributed by atoms with E-state index < -0.39 is 11.7 Å².